The zero-order chi connectivity index (χ0) is 27.1. The van der Waals surface area contributed by atoms with Crippen LogP contribution in [0.15, 0.2) is 78.0 Å². The number of methoxy groups -OCH3 is 2. The van der Waals surface area contributed by atoms with Crippen molar-refractivity contribution < 1.29 is 17.9 Å². The van der Waals surface area contributed by atoms with Crippen molar-refractivity contribution in [1.82, 2.24) is 13.7 Å². The van der Waals surface area contributed by atoms with Gasteiger partial charge in [-0.15, -0.1) is 0 Å². The molecule has 4 aromatic rings. The minimum Gasteiger partial charge on any atom is -0.493 e. The highest BCUT2D eigenvalue weighted by molar-refractivity contribution is 7.89. The predicted octanol–water partition coefficient (Wildman–Crippen LogP) is 5.79. The van der Waals surface area contributed by atoms with Crippen LogP contribution in [0.25, 0.3) is 22.5 Å². The second-order valence-electron chi connectivity index (χ2n) is 10.5. The quantitative estimate of drug-likeness (QED) is 0.315. The van der Waals surface area contributed by atoms with Crippen LogP contribution in [0, 0.1) is 0 Å². The van der Waals surface area contributed by atoms with Crippen molar-refractivity contribution in [2.24, 2.45) is 0 Å². The van der Waals surface area contributed by atoms with E-state index >= 15 is 0 Å². The van der Waals surface area contributed by atoms with E-state index in [-0.39, 0.29) is 5.41 Å². The molecule has 0 saturated heterocycles. The van der Waals surface area contributed by atoms with Crippen LogP contribution in [-0.2, 0) is 15.4 Å². The number of aromatic nitrogens is 2. The lowest BCUT2D eigenvalue weighted by molar-refractivity contribution is 0.355. The number of imidazole rings is 1. The molecule has 7 nitrogen and oxygen atoms in total. The van der Waals surface area contributed by atoms with Crippen LogP contribution in [0.3, 0.4) is 0 Å². The highest BCUT2D eigenvalue weighted by Crippen LogP contribution is 2.33. The molecule has 1 aliphatic rings. The number of pyridine rings is 1. The highest BCUT2D eigenvalue weighted by atomic mass is 32.2. The summed E-state index contributed by atoms with van der Waals surface area (Å²) < 4.78 is 40.8. The lowest BCUT2D eigenvalue weighted by Gasteiger charge is -2.26. The van der Waals surface area contributed by atoms with Gasteiger partial charge in [0.05, 0.1) is 24.8 Å². The van der Waals surface area contributed by atoms with Gasteiger partial charge in [0, 0.05) is 31.0 Å². The van der Waals surface area contributed by atoms with Gasteiger partial charge < -0.3 is 13.9 Å². The summed E-state index contributed by atoms with van der Waals surface area (Å²) in [7, 11) is -0.319. The van der Waals surface area contributed by atoms with Crippen molar-refractivity contribution in [3.05, 3.63) is 84.2 Å². The van der Waals surface area contributed by atoms with E-state index in [1.165, 1.54) is 0 Å². The first-order valence-electron chi connectivity index (χ1n) is 12.6. The third kappa shape index (κ3) is 4.93. The van der Waals surface area contributed by atoms with Crippen molar-refractivity contribution in [1.29, 1.82) is 0 Å². The smallest absolute Gasteiger partial charge is 0.243 e. The fraction of sp³-hybridized carbons (Fsp3) is 0.300. The summed E-state index contributed by atoms with van der Waals surface area (Å²) in [5.74, 6) is 1.32. The molecule has 0 fully saturated rings. The van der Waals surface area contributed by atoms with Gasteiger partial charge in [-0.05, 0) is 71.0 Å². The molecular weight excluding hydrogens is 498 g/mol. The number of benzene rings is 2. The number of fused-ring (bicyclic) bond motifs is 1. The average molecular weight is 532 g/mol. The number of hydrogen-bond donors (Lipinski definition) is 0. The second kappa shape index (κ2) is 9.93. The van der Waals surface area contributed by atoms with E-state index in [2.05, 4.69) is 20.8 Å². The van der Waals surface area contributed by atoms with Crippen LogP contribution >= 0.6 is 0 Å². The topological polar surface area (TPSA) is 73.1 Å². The maximum absolute atomic E-state index is 13.3. The minimum absolute atomic E-state index is 0.0241. The number of sulfonamides is 1. The van der Waals surface area contributed by atoms with Crippen LogP contribution in [0.1, 0.15) is 38.3 Å². The molecule has 38 heavy (non-hydrogen) atoms. The zero-order valence-electron chi connectivity index (χ0n) is 22.4. The molecular formula is C30H33N3O4S. The lowest BCUT2D eigenvalue weighted by atomic mass is 9.87. The predicted molar refractivity (Wildman–Crippen MR) is 150 cm³/mol. The van der Waals surface area contributed by atoms with Gasteiger partial charge in [0.25, 0.3) is 0 Å². The Hall–Kier alpha value is -3.62. The standard InChI is InChI=1S/C30H33N3O4S/c1-30(2,3)24-8-10-25(11-9-24)38(34,35)33-16-14-21(15-17-33)23-7-13-29-31-26(20-32(29)19-23)22-6-12-27(36-4)28(18-22)37-5/h6-14,18-20H,15-17H2,1-5H3. The minimum atomic E-state index is -3.55. The number of nitrogens with zero attached hydrogens (tertiary/aromatic N) is 3. The summed E-state index contributed by atoms with van der Waals surface area (Å²) in [5.41, 5.74) is 5.86. The monoisotopic (exact) mass is 531 g/mol. The largest absolute Gasteiger partial charge is 0.493 e. The summed E-state index contributed by atoms with van der Waals surface area (Å²) in [6, 6.07) is 17.0. The molecule has 3 heterocycles. The fourth-order valence-corrected chi connectivity index (χ4v) is 6.10. The van der Waals surface area contributed by atoms with Crippen molar-refractivity contribution in [3.8, 4) is 22.8 Å². The molecule has 0 bridgehead atoms. The third-order valence-electron chi connectivity index (χ3n) is 7.03. The Labute approximate surface area is 224 Å². The van der Waals surface area contributed by atoms with Gasteiger partial charge in [0.1, 0.15) is 5.65 Å². The molecule has 0 spiro atoms. The van der Waals surface area contributed by atoms with E-state index in [1.807, 2.05) is 65.3 Å². The van der Waals surface area contributed by atoms with E-state index in [0.29, 0.717) is 35.9 Å². The van der Waals surface area contributed by atoms with E-state index in [0.717, 1.165) is 33.6 Å². The fourth-order valence-electron chi connectivity index (χ4n) is 4.72. The molecule has 0 saturated carbocycles. The third-order valence-corrected chi connectivity index (χ3v) is 8.91. The number of hydrogen-bond acceptors (Lipinski definition) is 5. The molecule has 2 aromatic carbocycles. The van der Waals surface area contributed by atoms with Gasteiger partial charge in [0.2, 0.25) is 10.0 Å². The average Bonchev–Trinajstić information content (AvgIpc) is 3.36. The molecule has 2 aromatic heterocycles. The molecule has 0 amide bonds. The summed E-state index contributed by atoms with van der Waals surface area (Å²) in [6.45, 7) is 7.13. The molecule has 0 atom stereocenters. The molecule has 0 aliphatic carbocycles. The molecule has 0 N–H and O–H groups in total. The van der Waals surface area contributed by atoms with Gasteiger partial charge >= 0.3 is 0 Å². The van der Waals surface area contributed by atoms with Crippen LogP contribution in [0.2, 0.25) is 0 Å². The van der Waals surface area contributed by atoms with Crippen LogP contribution in [0.4, 0.5) is 0 Å². The Balaban J connectivity index is 1.35. The molecule has 5 rings (SSSR count). The van der Waals surface area contributed by atoms with Gasteiger partial charge in [0.15, 0.2) is 11.5 Å². The molecule has 198 valence electrons. The zero-order valence-corrected chi connectivity index (χ0v) is 23.2. The lowest BCUT2D eigenvalue weighted by Crippen LogP contribution is -2.34. The van der Waals surface area contributed by atoms with Crippen molar-refractivity contribution in [2.75, 3.05) is 27.3 Å². The first kappa shape index (κ1) is 26.0. The van der Waals surface area contributed by atoms with Crippen molar-refractivity contribution >= 4 is 21.2 Å². The van der Waals surface area contributed by atoms with Crippen LogP contribution in [-0.4, -0.2) is 49.4 Å². The summed E-state index contributed by atoms with van der Waals surface area (Å²) >= 11 is 0. The summed E-state index contributed by atoms with van der Waals surface area (Å²) in [6.07, 6.45) is 6.69. The Morgan fingerprint density at radius 2 is 1.58 bits per heavy atom. The van der Waals surface area contributed by atoms with Gasteiger partial charge in [-0.1, -0.05) is 39.0 Å². The summed E-state index contributed by atoms with van der Waals surface area (Å²) in [5, 5.41) is 0. The first-order valence-corrected chi connectivity index (χ1v) is 14.1. The Bertz CT molecular complexity index is 1610. The Morgan fingerprint density at radius 3 is 2.21 bits per heavy atom. The Morgan fingerprint density at radius 1 is 0.868 bits per heavy atom. The maximum Gasteiger partial charge on any atom is 0.243 e. The van der Waals surface area contributed by atoms with E-state index in [9.17, 15) is 8.42 Å². The molecule has 8 heteroatoms. The van der Waals surface area contributed by atoms with Crippen LogP contribution < -0.4 is 9.47 Å². The molecule has 1 aliphatic heterocycles. The van der Waals surface area contributed by atoms with Gasteiger partial charge in [-0.25, -0.2) is 13.4 Å². The van der Waals surface area contributed by atoms with E-state index < -0.39 is 10.0 Å². The number of ether oxygens (including phenoxy) is 2. The van der Waals surface area contributed by atoms with Gasteiger partial charge in [-0.2, -0.15) is 4.31 Å². The Kier molecular flexibility index (Phi) is 6.79. The second-order valence-corrected chi connectivity index (χ2v) is 12.4. The SMILES string of the molecule is COc1ccc(-c2cn3cc(C4=CCN(S(=O)(=O)c5ccc(C(C)(C)C)cc5)CC4)ccc3n2)cc1OC. The van der Waals surface area contributed by atoms with Gasteiger partial charge in [-0.3, -0.25) is 0 Å². The van der Waals surface area contributed by atoms with Crippen molar-refractivity contribution in [3.63, 3.8) is 0 Å². The number of rotatable bonds is 6. The van der Waals surface area contributed by atoms with E-state index in [4.69, 9.17) is 14.5 Å². The normalized spacial score (nSPS) is 14.9. The molecule has 0 radical (unpaired) electrons. The molecule has 0 unspecified atom stereocenters. The van der Waals surface area contributed by atoms with Crippen molar-refractivity contribution in [2.45, 2.75) is 37.5 Å². The first-order chi connectivity index (χ1) is 18.1. The maximum atomic E-state index is 13.3. The van der Waals surface area contributed by atoms with Crippen LogP contribution in [0.5, 0.6) is 11.5 Å². The van der Waals surface area contributed by atoms with E-state index in [1.54, 1.807) is 30.7 Å². The summed E-state index contributed by atoms with van der Waals surface area (Å²) in [4.78, 5) is 5.10. The highest BCUT2D eigenvalue weighted by Gasteiger charge is 2.27.